The lowest BCUT2D eigenvalue weighted by Gasteiger charge is -2.12. The molecule has 0 spiro atoms. The average molecular weight is 185 g/mol. The molecule has 0 aromatic heterocycles. The molecule has 1 aliphatic carbocycles. The van der Waals surface area contributed by atoms with Gasteiger partial charge < -0.3 is 4.90 Å². The molecule has 2 fully saturated rings. The van der Waals surface area contributed by atoms with Crippen LogP contribution < -0.4 is 0 Å². The summed E-state index contributed by atoms with van der Waals surface area (Å²) in [7, 11) is 0. The molecule has 1 heteroatoms. The third-order valence-corrected chi connectivity index (χ3v) is 2.50. The molecule has 0 radical (unpaired) electrons. The molecule has 2 rings (SSSR count). The molecule has 0 aromatic carbocycles. The minimum atomic E-state index is 1.12. The van der Waals surface area contributed by atoms with Gasteiger partial charge in [-0.3, -0.25) is 0 Å². The van der Waals surface area contributed by atoms with E-state index >= 15 is 0 Å². The topological polar surface area (TPSA) is 3.24 Å². The summed E-state index contributed by atoms with van der Waals surface area (Å²) < 4.78 is 0. The minimum absolute atomic E-state index is 1.12. The van der Waals surface area contributed by atoms with Crippen molar-refractivity contribution in [2.75, 3.05) is 19.6 Å². The fraction of sp³-hybridized carbons (Fsp3) is 1.00. The van der Waals surface area contributed by atoms with Gasteiger partial charge in [0.2, 0.25) is 0 Å². The van der Waals surface area contributed by atoms with Gasteiger partial charge in [-0.1, -0.05) is 41.0 Å². The molecule has 0 bridgehead atoms. The van der Waals surface area contributed by atoms with Crippen molar-refractivity contribution in [2.24, 2.45) is 11.8 Å². The largest absolute Gasteiger partial charge is 0.303 e. The van der Waals surface area contributed by atoms with Crippen molar-refractivity contribution in [3.63, 3.8) is 0 Å². The van der Waals surface area contributed by atoms with Gasteiger partial charge in [0.05, 0.1) is 0 Å². The molecule has 1 aliphatic heterocycles. The van der Waals surface area contributed by atoms with Crippen LogP contribution in [0.3, 0.4) is 0 Å². The predicted octanol–water partition coefficient (Wildman–Crippen LogP) is 3.40. The SMILES string of the molecule is CC.CCC.CCN1CC2CC2C1. The van der Waals surface area contributed by atoms with Crippen LogP contribution in [-0.2, 0) is 0 Å². The van der Waals surface area contributed by atoms with E-state index in [2.05, 4.69) is 25.7 Å². The van der Waals surface area contributed by atoms with E-state index in [0.717, 1.165) is 11.8 Å². The zero-order valence-corrected chi connectivity index (χ0v) is 10.1. The maximum atomic E-state index is 2.55. The number of hydrogen-bond donors (Lipinski definition) is 0. The summed E-state index contributed by atoms with van der Waals surface area (Å²) in [6.07, 6.45) is 2.79. The van der Waals surface area contributed by atoms with Gasteiger partial charge in [0.25, 0.3) is 0 Å². The molecule has 2 aliphatic rings. The summed E-state index contributed by atoms with van der Waals surface area (Å²) in [6.45, 7) is 14.6. The highest BCUT2D eigenvalue weighted by molar-refractivity contribution is 4.96. The van der Waals surface area contributed by atoms with Crippen molar-refractivity contribution in [2.45, 2.75) is 47.5 Å². The molecular weight excluding hydrogens is 158 g/mol. The highest BCUT2D eigenvalue weighted by atomic mass is 15.2. The van der Waals surface area contributed by atoms with E-state index in [0.29, 0.717) is 0 Å². The molecule has 13 heavy (non-hydrogen) atoms. The summed E-state index contributed by atoms with van der Waals surface area (Å²) in [4.78, 5) is 2.55. The van der Waals surface area contributed by atoms with Crippen molar-refractivity contribution in [1.82, 2.24) is 4.90 Å². The first-order chi connectivity index (χ1) is 6.31. The third kappa shape index (κ3) is 4.66. The second-order valence-corrected chi connectivity index (χ2v) is 3.82. The number of fused-ring (bicyclic) bond motifs is 1. The number of rotatable bonds is 1. The smallest absolute Gasteiger partial charge is 0.00129 e. The van der Waals surface area contributed by atoms with E-state index in [1.807, 2.05) is 13.8 Å². The Labute approximate surface area is 84.5 Å². The molecule has 0 amide bonds. The second kappa shape index (κ2) is 7.37. The maximum Gasteiger partial charge on any atom is 0.00129 e. The van der Waals surface area contributed by atoms with Crippen LogP contribution in [0, 0.1) is 11.8 Å². The molecular formula is C12H27N. The minimum Gasteiger partial charge on any atom is -0.303 e. The monoisotopic (exact) mass is 185 g/mol. The fourth-order valence-electron chi connectivity index (χ4n) is 1.75. The molecule has 80 valence electrons. The van der Waals surface area contributed by atoms with Crippen molar-refractivity contribution >= 4 is 0 Å². The Balaban J connectivity index is 0.000000251. The van der Waals surface area contributed by atoms with Crippen LogP contribution in [0.15, 0.2) is 0 Å². The predicted molar refractivity (Wildman–Crippen MR) is 61.0 cm³/mol. The van der Waals surface area contributed by atoms with Crippen LogP contribution in [0.5, 0.6) is 0 Å². The molecule has 1 heterocycles. The van der Waals surface area contributed by atoms with Gasteiger partial charge in [-0.15, -0.1) is 0 Å². The molecule has 2 atom stereocenters. The van der Waals surface area contributed by atoms with E-state index in [4.69, 9.17) is 0 Å². The fourth-order valence-corrected chi connectivity index (χ4v) is 1.75. The first-order valence-corrected chi connectivity index (χ1v) is 6.04. The Hall–Kier alpha value is -0.0400. The zero-order chi connectivity index (χ0) is 10.3. The quantitative estimate of drug-likeness (QED) is 0.605. The lowest BCUT2D eigenvalue weighted by atomic mass is 10.4. The van der Waals surface area contributed by atoms with Crippen LogP contribution in [0.25, 0.3) is 0 Å². The Morgan fingerprint density at radius 1 is 1.00 bits per heavy atom. The summed E-state index contributed by atoms with van der Waals surface area (Å²) in [5, 5.41) is 0. The summed E-state index contributed by atoms with van der Waals surface area (Å²) in [6, 6.07) is 0. The number of piperidine rings is 1. The van der Waals surface area contributed by atoms with Gasteiger partial charge >= 0.3 is 0 Å². The molecule has 2 unspecified atom stereocenters. The van der Waals surface area contributed by atoms with E-state index in [1.54, 1.807) is 0 Å². The Bertz CT molecular complexity index is 102. The summed E-state index contributed by atoms with van der Waals surface area (Å²) in [5.41, 5.74) is 0. The standard InChI is InChI=1S/C7H13N.C3H8.C2H6/c1-2-8-4-6-3-7(6)5-8;1-3-2;1-2/h6-7H,2-5H2,1H3;3H2,1-2H3;1-2H3. The maximum absolute atomic E-state index is 2.55. The van der Waals surface area contributed by atoms with Crippen LogP contribution in [-0.4, -0.2) is 24.5 Å². The van der Waals surface area contributed by atoms with Gasteiger partial charge in [0.1, 0.15) is 0 Å². The van der Waals surface area contributed by atoms with Crippen LogP contribution in [0.4, 0.5) is 0 Å². The van der Waals surface area contributed by atoms with Crippen molar-refractivity contribution in [1.29, 1.82) is 0 Å². The number of likely N-dealkylation sites (tertiary alicyclic amines) is 1. The van der Waals surface area contributed by atoms with Gasteiger partial charge in [-0.25, -0.2) is 0 Å². The summed E-state index contributed by atoms with van der Waals surface area (Å²) >= 11 is 0. The lowest BCUT2D eigenvalue weighted by molar-refractivity contribution is 0.322. The molecule has 1 saturated heterocycles. The Kier molecular flexibility index (Phi) is 7.35. The zero-order valence-electron chi connectivity index (χ0n) is 10.1. The van der Waals surface area contributed by atoms with E-state index in [1.165, 1.54) is 32.5 Å². The van der Waals surface area contributed by atoms with Gasteiger partial charge in [-0.2, -0.15) is 0 Å². The Morgan fingerprint density at radius 2 is 1.38 bits per heavy atom. The van der Waals surface area contributed by atoms with E-state index in [9.17, 15) is 0 Å². The van der Waals surface area contributed by atoms with Gasteiger partial charge in [-0.05, 0) is 24.8 Å². The summed E-state index contributed by atoms with van der Waals surface area (Å²) in [5.74, 6) is 2.24. The second-order valence-electron chi connectivity index (χ2n) is 3.82. The van der Waals surface area contributed by atoms with Gasteiger partial charge in [0, 0.05) is 13.1 Å². The molecule has 0 N–H and O–H groups in total. The highest BCUT2D eigenvalue weighted by Gasteiger charge is 2.44. The van der Waals surface area contributed by atoms with Crippen LogP contribution >= 0.6 is 0 Å². The highest BCUT2D eigenvalue weighted by Crippen LogP contribution is 2.44. The number of hydrogen-bond acceptors (Lipinski definition) is 1. The normalized spacial score (nSPS) is 29.3. The van der Waals surface area contributed by atoms with Crippen LogP contribution in [0.2, 0.25) is 0 Å². The van der Waals surface area contributed by atoms with E-state index < -0.39 is 0 Å². The van der Waals surface area contributed by atoms with Crippen LogP contribution in [0.1, 0.15) is 47.5 Å². The van der Waals surface area contributed by atoms with Crippen molar-refractivity contribution < 1.29 is 0 Å². The molecule has 0 aromatic rings. The van der Waals surface area contributed by atoms with Crippen molar-refractivity contribution in [3.05, 3.63) is 0 Å². The first kappa shape index (κ1) is 13.0. The average Bonchev–Trinajstić information content (AvgIpc) is 2.78. The van der Waals surface area contributed by atoms with Crippen molar-refractivity contribution in [3.8, 4) is 0 Å². The first-order valence-electron chi connectivity index (χ1n) is 6.04. The number of nitrogens with zero attached hydrogens (tertiary/aromatic N) is 1. The van der Waals surface area contributed by atoms with Gasteiger partial charge in [0.15, 0.2) is 0 Å². The lowest BCUT2D eigenvalue weighted by Crippen LogP contribution is -2.21. The molecule has 1 nitrogen and oxygen atoms in total. The Morgan fingerprint density at radius 3 is 1.62 bits per heavy atom. The molecule has 1 saturated carbocycles. The van der Waals surface area contributed by atoms with E-state index in [-0.39, 0.29) is 0 Å². The third-order valence-electron chi connectivity index (χ3n) is 2.50.